The Morgan fingerprint density at radius 3 is 2.16 bits per heavy atom. The lowest BCUT2D eigenvalue weighted by atomic mass is 10.1. The maximum absolute atomic E-state index is 12.8. The Kier molecular flexibility index (Phi) is 4.65. The number of aromatic nitrogens is 3. The zero-order chi connectivity index (χ0) is 17.8. The van der Waals surface area contributed by atoms with Crippen molar-refractivity contribution >= 4 is 5.78 Å². The fourth-order valence-electron chi connectivity index (χ4n) is 2.41. The summed E-state index contributed by atoms with van der Waals surface area (Å²) >= 11 is 0. The van der Waals surface area contributed by atoms with Crippen LogP contribution in [0.5, 0.6) is 17.2 Å². The molecule has 0 saturated carbocycles. The van der Waals surface area contributed by atoms with Crippen LogP contribution in [-0.4, -0.2) is 42.1 Å². The van der Waals surface area contributed by atoms with E-state index in [0.717, 1.165) is 5.69 Å². The molecule has 0 radical (unpaired) electrons. The van der Waals surface area contributed by atoms with Crippen molar-refractivity contribution in [1.29, 1.82) is 0 Å². The molecule has 0 N–H and O–H groups in total. The van der Waals surface area contributed by atoms with E-state index in [9.17, 15) is 4.79 Å². The second-order valence-corrected chi connectivity index (χ2v) is 5.10. The largest absolute Gasteiger partial charge is 0.493 e. The molecular weight excluding hydrogens is 322 g/mol. The summed E-state index contributed by atoms with van der Waals surface area (Å²) in [5.74, 6) is 0.942. The van der Waals surface area contributed by atoms with Gasteiger partial charge in [-0.05, 0) is 24.3 Å². The molecule has 3 rings (SSSR count). The van der Waals surface area contributed by atoms with Gasteiger partial charge >= 0.3 is 0 Å². The summed E-state index contributed by atoms with van der Waals surface area (Å²) in [4.78, 5) is 14.2. The van der Waals surface area contributed by atoms with E-state index in [1.807, 2.05) is 30.3 Å². The number of nitrogens with zero attached hydrogens (tertiary/aromatic N) is 3. The highest BCUT2D eigenvalue weighted by Gasteiger charge is 2.20. The molecule has 0 bridgehead atoms. The number of benzene rings is 2. The van der Waals surface area contributed by atoms with Crippen molar-refractivity contribution in [2.45, 2.75) is 0 Å². The van der Waals surface area contributed by atoms with E-state index in [1.165, 1.54) is 32.3 Å². The number of hydrogen-bond donors (Lipinski definition) is 0. The van der Waals surface area contributed by atoms with E-state index >= 15 is 0 Å². The van der Waals surface area contributed by atoms with Gasteiger partial charge in [-0.2, -0.15) is 9.90 Å². The van der Waals surface area contributed by atoms with E-state index in [4.69, 9.17) is 14.2 Å². The molecule has 128 valence electrons. The molecule has 0 atom stereocenters. The van der Waals surface area contributed by atoms with Gasteiger partial charge < -0.3 is 14.2 Å². The number of carbonyl (C=O) groups is 1. The summed E-state index contributed by atoms with van der Waals surface area (Å²) in [6, 6.07) is 12.5. The minimum absolute atomic E-state index is 0.220. The van der Waals surface area contributed by atoms with Crippen LogP contribution in [0.4, 0.5) is 0 Å². The minimum atomic E-state index is -0.290. The molecule has 0 aliphatic carbocycles. The first-order valence-electron chi connectivity index (χ1n) is 7.50. The van der Waals surface area contributed by atoms with Gasteiger partial charge in [-0.15, -0.1) is 5.10 Å². The first kappa shape index (κ1) is 16.5. The SMILES string of the molecule is COc1cc(C(=O)c2cnn(-c3ccccc3)n2)cc(OC)c1OC. The van der Waals surface area contributed by atoms with Gasteiger partial charge in [0, 0.05) is 5.56 Å². The normalized spacial score (nSPS) is 10.4. The van der Waals surface area contributed by atoms with Crippen LogP contribution in [0, 0.1) is 0 Å². The molecule has 0 saturated heterocycles. The highest BCUT2D eigenvalue weighted by molar-refractivity contribution is 6.08. The molecule has 7 nitrogen and oxygen atoms in total. The van der Waals surface area contributed by atoms with Crippen LogP contribution >= 0.6 is 0 Å². The number of methoxy groups -OCH3 is 3. The maximum Gasteiger partial charge on any atom is 0.215 e. The molecule has 1 aromatic heterocycles. The molecule has 0 aliphatic heterocycles. The Bertz CT molecular complexity index is 865. The van der Waals surface area contributed by atoms with E-state index in [2.05, 4.69) is 10.2 Å². The third-order valence-corrected chi connectivity index (χ3v) is 3.64. The highest BCUT2D eigenvalue weighted by Crippen LogP contribution is 2.38. The number of carbonyl (C=O) groups excluding carboxylic acids is 1. The average molecular weight is 339 g/mol. The van der Waals surface area contributed by atoms with Crippen molar-refractivity contribution in [3.63, 3.8) is 0 Å². The van der Waals surface area contributed by atoms with Crippen LogP contribution in [-0.2, 0) is 0 Å². The van der Waals surface area contributed by atoms with Gasteiger partial charge in [-0.1, -0.05) is 18.2 Å². The number of rotatable bonds is 6. The van der Waals surface area contributed by atoms with Gasteiger partial charge in [0.1, 0.15) is 0 Å². The fraction of sp³-hybridized carbons (Fsp3) is 0.167. The number of hydrogen-bond acceptors (Lipinski definition) is 6. The first-order chi connectivity index (χ1) is 12.2. The molecule has 7 heteroatoms. The van der Waals surface area contributed by atoms with Crippen LogP contribution < -0.4 is 14.2 Å². The molecule has 0 fully saturated rings. The van der Waals surface area contributed by atoms with Crippen LogP contribution in [0.2, 0.25) is 0 Å². The molecular formula is C18H17N3O4. The minimum Gasteiger partial charge on any atom is -0.493 e. The smallest absolute Gasteiger partial charge is 0.215 e. The Morgan fingerprint density at radius 2 is 1.60 bits per heavy atom. The summed E-state index contributed by atoms with van der Waals surface area (Å²) in [7, 11) is 4.50. The number of para-hydroxylation sites is 1. The van der Waals surface area contributed by atoms with E-state index in [-0.39, 0.29) is 11.5 Å². The van der Waals surface area contributed by atoms with Crippen LogP contribution in [0.3, 0.4) is 0 Å². The highest BCUT2D eigenvalue weighted by atomic mass is 16.5. The molecule has 25 heavy (non-hydrogen) atoms. The van der Waals surface area contributed by atoms with Crippen molar-refractivity contribution < 1.29 is 19.0 Å². The lowest BCUT2D eigenvalue weighted by Crippen LogP contribution is -2.06. The monoisotopic (exact) mass is 339 g/mol. The van der Waals surface area contributed by atoms with E-state index < -0.39 is 0 Å². The molecule has 3 aromatic rings. The molecule has 0 aliphatic rings. The van der Waals surface area contributed by atoms with Crippen molar-refractivity contribution in [2.75, 3.05) is 21.3 Å². The van der Waals surface area contributed by atoms with Gasteiger partial charge in [-0.25, -0.2) is 0 Å². The van der Waals surface area contributed by atoms with Crippen molar-refractivity contribution in [1.82, 2.24) is 15.0 Å². The second-order valence-electron chi connectivity index (χ2n) is 5.10. The van der Waals surface area contributed by atoms with Gasteiger partial charge in [0.2, 0.25) is 11.5 Å². The Hall–Kier alpha value is -3.35. The third-order valence-electron chi connectivity index (χ3n) is 3.64. The standard InChI is InChI=1S/C18H17N3O4/c1-23-15-9-12(10-16(24-2)18(15)25-3)17(22)14-11-19-21(20-14)13-7-5-4-6-8-13/h4-11H,1-3H3. The Labute approximate surface area is 144 Å². The Morgan fingerprint density at radius 1 is 0.960 bits per heavy atom. The van der Waals surface area contributed by atoms with Crippen LogP contribution in [0.1, 0.15) is 16.1 Å². The van der Waals surface area contributed by atoms with Crippen LogP contribution in [0.15, 0.2) is 48.7 Å². The van der Waals surface area contributed by atoms with Gasteiger partial charge in [0.05, 0.1) is 33.2 Å². The molecule has 2 aromatic carbocycles. The van der Waals surface area contributed by atoms with E-state index in [0.29, 0.717) is 22.8 Å². The van der Waals surface area contributed by atoms with Crippen LogP contribution in [0.25, 0.3) is 5.69 Å². The molecule has 0 spiro atoms. The van der Waals surface area contributed by atoms with Gasteiger partial charge in [0.15, 0.2) is 17.2 Å². The third kappa shape index (κ3) is 3.16. The average Bonchev–Trinajstić information content (AvgIpc) is 3.17. The molecule has 0 amide bonds. The fourth-order valence-corrected chi connectivity index (χ4v) is 2.41. The van der Waals surface area contributed by atoms with Crippen molar-refractivity contribution in [3.05, 3.63) is 59.9 Å². The Balaban J connectivity index is 1.97. The topological polar surface area (TPSA) is 75.5 Å². The quantitative estimate of drug-likeness (QED) is 0.643. The summed E-state index contributed by atoms with van der Waals surface area (Å²) in [6.45, 7) is 0. The summed E-state index contributed by atoms with van der Waals surface area (Å²) in [5, 5.41) is 8.40. The number of ether oxygens (including phenoxy) is 3. The van der Waals surface area contributed by atoms with Crippen molar-refractivity contribution in [2.24, 2.45) is 0 Å². The predicted molar refractivity (Wildman–Crippen MR) is 90.9 cm³/mol. The maximum atomic E-state index is 12.8. The van der Waals surface area contributed by atoms with Crippen molar-refractivity contribution in [3.8, 4) is 22.9 Å². The number of ketones is 1. The summed E-state index contributed by atoms with van der Waals surface area (Å²) in [6.07, 6.45) is 1.43. The second kappa shape index (κ2) is 7.04. The predicted octanol–water partition coefficient (Wildman–Crippen LogP) is 2.52. The zero-order valence-electron chi connectivity index (χ0n) is 14.1. The zero-order valence-corrected chi connectivity index (χ0v) is 14.1. The lowest BCUT2D eigenvalue weighted by molar-refractivity contribution is 0.103. The van der Waals surface area contributed by atoms with E-state index in [1.54, 1.807) is 12.1 Å². The summed E-state index contributed by atoms with van der Waals surface area (Å²) in [5.41, 5.74) is 1.36. The lowest BCUT2D eigenvalue weighted by Gasteiger charge is -2.13. The van der Waals surface area contributed by atoms with Gasteiger partial charge in [0.25, 0.3) is 0 Å². The molecule has 0 unspecified atom stereocenters. The van der Waals surface area contributed by atoms with Gasteiger partial charge in [-0.3, -0.25) is 4.79 Å². The first-order valence-corrected chi connectivity index (χ1v) is 7.50. The molecule has 1 heterocycles. The summed E-state index contributed by atoms with van der Waals surface area (Å²) < 4.78 is 15.8.